The van der Waals surface area contributed by atoms with Gasteiger partial charge in [-0.25, -0.2) is 0 Å². The minimum atomic E-state index is -0.120. The summed E-state index contributed by atoms with van der Waals surface area (Å²) in [5, 5.41) is 4.19. The van der Waals surface area contributed by atoms with Crippen LogP contribution >= 0.6 is 23.2 Å². The first kappa shape index (κ1) is 18.1. The maximum Gasteiger partial charge on any atom is 0.252 e. The molecule has 1 amide bonds. The van der Waals surface area contributed by atoms with Crippen LogP contribution < -0.4 is 10.2 Å². The molecule has 1 N–H and O–H groups in total. The molecule has 132 valence electrons. The molecule has 1 aliphatic heterocycles. The van der Waals surface area contributed by atoms with E-state index in [4.69, 9.17) is 23.2 Å². The molecular weight excluding hydrogens is 357 g/mol. The number of halogens is 2. The Balaban J connectivity index is 1.41. The third-order valence-electron chi connectivity index (χ3n) is 4.40. The summed E-state index contributed by atoms with van der Waals surface area (Å²) in [5.41, 5.74) is 1.73. The average Bonchev–Trinajstić information content (AvgIpc) is 2.63. The number of carbonyl (C=O) groups is 1. The predicted octanol–water partition coefficient (Wildman–Crippen LogP) is 3.55. The number of carbonyl (C=O) groups excluding carboxylic acids is 1. The molecule has 0 spiro atoms. The molecule has 3 rings (SSSR count). The summed E-state index contributed by atoms with van der Waals surface area (Å²) in [4.78, 5) is 16.9. The van der Waals surface area contributed by atoms with Crippen molar-refractivity contribution in [2.45, 2.75) is 0 Å². The van der Waals surface area contributed by atoms with Gasteiger partial charge in [-0.2, -0.15) is 0 Å². The highest BCUT2D eigenvalue weighted by Gasteiger charge is 2.17. The monoisotopic (exact) mass is 377 g/mol. The van der Waals surface area contributed by atoms with Gasteiger partial charge in [0, 0.05) is 50.0 Å². The smallest absolute Gasteiger partial charge is 0.252 e. The minimum absolute atomic E-state index is 0.120. The van der Waals surface area contributed by atoms with Crippen LogP contribution in [0.25, 0.3) is 0 Å². The predicted molar refractivity (Wildman–Crippen MR) is 104 cm³/mol. The second kappa shape index (κ2) is 8.56. The third kappa shape index (κ3) is 4.88. The SMILES string of the molecule is O=C(NCCN1CCN(c2ccc(Cl)cc2)CC1)c1ccccc1Cl. The standard InChI is InChI=1S/C19H21Cl2N3O/c20-15-5-7-16(8-6-15)24-13-11-23(12-14-24)10-9-22-19(25)17-3-1-2-4-18(17)21/h1-8H,9-14H2,(H,22,25). The van der Waals surface area contributed by atoms with E-state index in [1.54, 1.807) is 12.1 Å². The van der Waals surface area contributed by atoms with Crippen molar-refractivity contribution in [3.05, 3.63) is 64.1 Å². The summed E-state index contributed by atoms with van der Waals surface area (Å²) in [7, 11) is 0. The van der Waals surface area contributed by atoms with E-state index in [1.807, 2.05) is 24.3 Å². The highest BCUT2D eigenvalue weighted by atomic mass is 35.5. The van der Waals surface area contributed by atoms with Crippen LogP contribution in [0.1, 0.15) is 10.4 Å². The molecule has 4 nitrogen and oxygen atoms in total. The molecule has 2 aromatic carbocycles. The van der Waals surface area contributed by atoms with Gasteiger partial charge in [0.25, 0.3) is 5.91 Å². The number of anilines is 1. The Kier molecular flexibility index (Phi) is 6.19. The Morgan fingerprint density at radius 3 is 2.32 bits per heavy atom. The van der Waals surface area contributed by atoms with Crippen molar-refractivity contribution in [1.29, 1.82) is 0 Å². The molecule has 0 atom stereocenters. The highest BCUT2D eigenvalue weighted by Crippen LogP contribution is 2.19. The molecule has 2 aromatic rings. The molecule has 1 aliphatic rings. The largest absolute Gasteiger partial charge is 0.369 e. The Morgan fingerprint density at radius 1 is 0.960 bits per heavy atom. The molecule has 1 saturated heterocycles. The van der Waals surface area contributed by atoms with Crippen molar-refractivity contribution in [3.63, 3.8) is 0 Å². The number of nitrogens with one attached hydrogen (secondary N) is 1. The number of nitrogens with zero attached hydrogens (tertiary/aromatic N) is 2. The van der Waals surface area contributed by atoms with Gasteiger partial charge in [0.2, 0.25) is 0 Å². The van der Waals surface area contributed by atoms with Crippen LogP contribution in [0.15, 0.2) is 48.5 Å². The lowest BCUT2D eigenvalue weighted by Crippen LogP contribution is -2.48. The first-order valence-corrected chi connectivity index (χ1v) is 9.15. The van der Waals surface area contributed by atoms with Crippen molar-refractivity contribution >= 4 is 34.8 Å². The van der Waals surface area contributed by atoms with Gasteiger partial charge in [-0.3, -0.25) is 9.69 Å². The summed E-state index contributed by atoms with van der Waals surface area (Å²) < 4.78 is 0. The van der Waals surface area contributed by atoms with Gasteiger partial charge in [0.15, 0.2) is 0 Å². The zero-order valence-electron chi connectivity index (χ0n) is 13.9. The van der Waals surface area contributed by atoms with Gasteiger partial charge in [-0.05, 0) is 36.4 Å². The zero-order chi connectivity index (χ0) is 17.6. The summed E-state index contributed by atoms with van der Waals surface area (Å²) in [6.07, 6.45) is 0. The van der Waals surface area contributed by atoms with Crippen molar-refractivity contribution in [2.24, 2.45) is 0 Å². The van der Waals surface area contributed by atoms with Gasteiger partial charge in [0.1, 0.15) is 0 Å². The van der Waals surface area contributed by atoms with Crippen molar-refractivity contribution in [1.82, 2.24) is 10.2 Å². The normalized spacial score (nSPS) is 15.2. The van der Waals surface area contributed by atoms with E-state index in [0.717, 1.165) is 37.7 Å². The minimum Gasteiger partial charge on any atom is -0.369 e. The van der Waals surface area contributed by atoms with E-state index in [-0.39, 0.29) is 5.91 Å². The molecule has 0 bridgehead atoms. The molecule has 0 radical (unpaired) electrons. The van der Waals surface area contributed by atoms with Gasteiger partial charge in [-0.1, -0.05) is 35.3 Å². The molecule has 6 heteroatoms. The van der Waals surface area contributed by atoms with E-state index in [9.17, 15) is 4.79 Å². The second-order valence-corrected chi connectivity index (χ2v) is 6.88. The first-order chi connectivity index (χ1) is 12.1. The Labute approximate surface area is 158 Å². The number of hydrogen-bond donors (Lipinski definition) is 1. The molecule has 25 heavy (non-hydrogen) atoms. The third-order valence-corrected chi connectivity index (χ3v) is 4.98. The van der Waals surface area contributed by atoms with E-state index < -0.39 is 0 Å². The Morgan fingerprint density at radius 2 is 1.64 bits per heavy atom. The molecule has 0 unspecified atom stereocenters. The van der Waals surface area contributed by atoms with E-state index in [1.165, 1.54) is 5.69 Å². The Bertz CT molecular complexity index is 713. The van der Waals surface area contributed by atoms with Crippen LogP contribution in [-0.2, 0) is 0 Å². The fourth-order valence-electron chi connectivity index (χ4n) is 2.95. The van der Waals surface area contributed by atoms with Gasteiger partial charge in [-0.15, -0.1) is 0 Å². The van der Waals surface area contributed by atoms with Crippen LogP contribution in [-0.4, -0.2) is 50.1 Å². The van der Waals surface area contributed by atoms with Gasteiger partial charge in [0.05, 0.1) is 10.6 Å². The second-order valence-electron chi connectivity index (χ2n) is 6.04. The Hall–Kier alpha value is -1.75. The summed E-state index contributed by atoms with van der Waals surface area (Å²) in [6, 6.07) is 15.1. The summed E-state index contributed by atoms with van der Waals surface area (Å²) in [5.74, 6) is -0.120. The highest BCUT2D eigenvalue weighted by molar-refractivity contribution is 6.33. The molecule has 0 aliphatic carbocycles. The van der Waals surface area contributed by atoms with Crippen molar-refractivity contribution in [3.8, 4) is 0 Å². The maximum absolute atomic E-state index is 12.1. The van der Waals surface area contributed by atoms with E-state index >= 15 is 0 Å². The fourth-order valence-corrected chi connectivity index (χ4v) is 3.30. The number of piperazine rings is 1. The van der Waals surface area contributed by atoms with Crippen LogP contribution in [0.2, 0.25) is 10.0 Å². The maximum atomic E-state index is 12.1. The van der Waals surface area contributed by atoms with Crippen molar-refractivity contribution < 1.29 is 4.79 Å². The van der Waals surface area contributed by atoms with Crippen LogP contribution in [0.4, 0.5) is 5.69 Å². The number of rotatable bonds is 5. The number of amides is 1. The summed E-state index contributed by atoms with van der Waals surface area (Å²) >= 11 is 12.0. The van der Waals surface area contributed by atoms with Crippen LogP contribution in [0.3, 0.4) is 0 Å². The van der Waals surface area contributed by atoms with Crippen LogP contribution in [0, 0.1) is 0 Å². The van der Waals surface area contributed by atoms with E-state index in [0.29, 0.717) is 17.1 Å². The van der Waals surface area contributed by atoms with Gasteiger partial charge < -0.3 is 10.2 Å². The molecular formula is C19H21Cl2N3O. The number of hydrogen-bond acceptors (Lipinski definition) is 3. The molecule has 0 aromatic heterocycles. The lowest BCUT2D eigenvalue weighted by Gasteiger charge is -2.36. The average molecular weight is 378 g/mol. The van der Waals surface area contributed by atoms with E-state index in [2.05, 4.69) is 27.2 Å². The zero-order valence-corrected chi connectivity index (χ0v) is 15.4. The lowest BCUT2D eigenvalue weighted by molar-refractivity contribution is 0.0948. The molecule has 1 heterocycles. The summed E-state index contributed by atoms with van der Waals surface area (Å²) in [6.45, 7) is 5.35. The first-order valence-electron chi connectivity index (χ1n) is 8.39. The fraction of sp³-hybridized carbons (Fsp3) is 0.316. The quantitative estimate of drug-likeness (QED) is 0.865. The van der Waals surface area contributed by atoms with Gasteiger partial charge >= 0.3 is 0 Å². The topological polar surface area (TPSA) is 35.6 Å². The lowest BCUT2D eigenvalue weighted by atomic mass is 10.2. The number of benzene rings is 2. The van der Waals surface area contributed by atoms with Crippen LogP contribution in [0.5, 0.6) is 0 Å². The van der Waals surface area contributed by atoms with Crippen molar-refractivity contribution in [2.75, 3.05) is 44.2 Å². The molecule has 1 fully saturated rings. The molecule has 0 saturated carbocycles.